The van der Waals surface area contributed by atoms with E-state index < -0.39 is 5.97 Å². The van der Waals surface area contributed by atoms with Crippen molar-refractivity contribution in [2.24, 2.45) is 0 Å². The summed E-state index contributed by atoms with van der Waals surface area (Å²) >= 11 is 0. The van der Waals surface area contributed by atoms with E-state index in [1.807, 2.05) is 24.3 Å². The molecule has 0 saturated heterocycles. The number of para-hydroxylation sites is 2. The third-order valence-electron chi connectivity index (χ3n) is 3.65. The number of rotatable bonds is 6. The molecule has 0 saturated carbocycles. The van der Waals surface area contributed by atoms with E-state index in [1.165, 1.54) is 0 Å². The first kappa shape index (κ1) is 17.4. The van der Waals surface area contributed by atoms with Gasteiger partial charge in [0.1, 0.15) is 11.3 Å². The van der Waals surface area contributed by atoms with Crippen LogP contribution in [0.1, 0.15) is 17.3 Å². The molecule has 0 atom stereocenters. The molecule has 1 heterocycles. The van der Waals surface area contributed by atoms with Crippen molar-refractivity contribution in [3.8, 4) is 5.75 Å². The van der Waals surface area contributed by atoms with Gasteiger partial charge >= 0.3 is 5.97 Å². The number of fused-ring (bicyclic) bond motifs is 1. The molecule has 6 heteroatoms. The van der Waals surface area contributed by atoms with E-state index in [4.69, 9.17) is 9.47 Å². The highest BCUT2D eigenvalue weighted by Crippen LogP contribution is 2.23. The van der Waals surface area contributed by atoms with Crippen molar-refractivity contribution in [2.75, 3.05) is 18.5 Å². The number of anilines is 1. The number of hydrogen-bond donors (Lipinski definition) is 1. The number of carbonyl (C=O) groups is 2. The van der Waals surface area contributed by atoms with Gasteiger partial charge in [-0.1, -0.05) is 30.3 Å². The third-order valence-corrected chi connectivity index (χ3v) is 3.65. The van der Waals surface area contributed by atoms with Crippen LogP contribution in [0.15, 0.2) is 60.8 Å². The number of ether oxygens (including phenoxy) is 2. The van der Waals surface area contributed by atoms with Crippen molar-refractivity contribution in [1.82, 2.24) is 4.98 Å². The summed E-state index contributed by atoms with van der Waals surface area (Å²) in [7, 11) is 0. The third kappa shape index (κ3) is 3.97. The van der Waals surface area contributed by atoms with E-state index in [1.54, 1.807) is 43.5 Å². The van der Waals surface area contributed by atoms with Crippen LogP contribution in [-0.2, 0) is 9.53 Å². The number of pyridine rings is 1. The lowest BCUT2D eigenvalue weighted by Gasteiger charge is -2.11. The van der Waals surface area contributed by atoms with Crippen molar-refractivity contribution in [3.63, 3.8) is 0 Å². The Morgan fingerprint density at radius 3 is 2.69 bits per heavy atom. The highest BCUT2D eigenvalue weighted by Gasteiger charge is 2.14. The Kier molecular flexibility index (Phi) is 5.43. The fourth-order valence-electron chi connectivity index (χ4n) is 2.50. The van der Waals surface area contributed by atoms with Crippen LogP contribution < -0.4 is 10.1 Å². The van der Waals surface area contributed by atoms with Crippen molar-refractivity contribution in [2.45, 2.75) is 6.92 Å². The Balaban J connectivity index is 1.69. The van der Waals surface area contributed by atoms with Crippen molar-refractivity contribution < 1.29 is 19.1 Å². The predicted molar refractivity (Wildman–Crippen MR) is 98.3 cm³/mol. The Bertz CT molecular complexity index is 935. The molecular weight excluding hydrogens is 332 g/mol. The summed E-state index contributed by atoms with van der Waals surface area (Å²) in [5.41, 5.74) is 1.37. The van der Waals surface area contributed by atoms with E-state index in [0.29, 0.717) is 22.5 Å². The molecule has 132 valence electrons. The van der Waals surface area contributed by atoms with Crippen molar-refractivity contribution in [1.29, 1.82) is 0 Å². The van der Waals surface area contributed by atoms with Crippen molar-refractivity contribution in [3.05, 3.63) is 66.4 Å². The Morgan fingerprint density at radius 2 is 1.85 bits per heavy atom. The molecule has 2 aromatic carbocycles. The van der Waals surface area contributed by atoms with E-state index in [0.717, 1.165) is 5.39 Å². The number of aromatic nitrogens is 1. The molecule has 0 aliphatic carbocycles. The molecule has 0 unspecified atom stereocenters. The smallest absolute Gasteiger partial charge is 0.340 e. The molecule has 1 aromatic heterocycles. The van der Waals surface area contributed by atoms with Gasteiger partial charge in [0.25, 0.3) is 5.91 Å². The van der Waals surface area contributed by atoms with Crippen LogP contribution >= 0.6 is 0 Å². The molecule has 0 spiro atoms. The molecule has 0 fully saturated rings. The minimum absolute atomic E-state index is 0.202. The lowest BCUT2D eigenvalue weighted by Crippen LogP contribution is -2.22. The van der Waals surface area contributed by atoms with Crippen LogP contribution in [0.3, 0.4) is 0 Å². The van der Waals surface area contributed by atoms with Gasteiger partial charge < -0.3 is 14.8 Å². The maximum atomic E-state index is 12.2. The van der Waals surface area contributed by atoms with Gasteiger partial charge in [-0.15, -0.1) is 0 Å². The van der Waals surface area contributed by atoms with Crippen LogP contribution in [0.5, 0.6) is 5.75 Å². The van der Waals surface area contributed by atoms with Gasteiger partial charge in [0.05, 0.1) is 17.9 Å². The van der Waals surface area contributed by atoms with Crippen LogP contribution in [0, 0.1) is 0 Å². The maximum absolute atomic E-state index is 12.2. The molecular formula is C20H18N2O4. The number of nitrogens with one attached hydrogen (secondary N) is 1. The number of hydrogen-bond acceptors (Lipinski definition) is 5. The summed E-state index contributed by atoms with van der Waals surface area (Å²) < 4.78 is 10.6. The number of benzene rings is 2. The molecule has 0 radical (unpaired) electrons. The summed E-state index contributed by atoms with van der Waals surface area (Å²) in [6, 6.07) is 16.0. The largest absolute Gasteiger partial charge is 0.481 e. The highest BCUT2D eigenvalue weighted by molar-refractivity contribution is 6.01. The van der Waals surface area contributed by atoms with E-state index >= 15 is 0 Å². The molecule has 26 heavy (non-hydrogen) atoms. The molecule has 0 aliphatic heterocycles. The number of esters is 1. The lowest BCUT2D eigenvalue weighted by atomic mass is 10.2. The summed E-state index contributed by atoms with van der Waals surface area (Å²) in [4.78, 5) is 28.5. The summed E-state index contributed by atoms with van der Waals surface area (Å²) in [6.45, 7) is 1.79. The first-order valence-corrected chi connectivity index (χ1v) is 8.21. The first-order valence-electron chi connectivity index (χ1n) is 8.21. The quantitative estimate of drug-likeness (QED) is 0.689. The van der Waals surface area contributed by atoms with Crippen LogP contribution in [-0.4, -0.2) is 30.1 Å². The summed E-state index contributed by atoms with van der Waals surface area (Å²) in [5.74, 6) is -0.339. The number of nitrogens with zero attached hydrogens (tertiary/aromatic N) is 1. The van der Waals surface area contributed by atoms with Gasteiger partial charge in [-0.3, -0.25) is 9.78 Å². The molecule has 0 aliphatic rings. The monoisotopic (exact) mass is 350 g/mol. The molecule has 0 bridgehead atoms. The lowest BCUT2D eigenvalue weighted by molar-refractivity contribution is -0.118. The standard InChI is InChI=1S/C20H18N2O4/c1-2-25-20(24)15-9-3-4-10-16(15)22-18(23)13-26-17-11-5-7-14-8-6-12-21-19(14)17/h3-12H,2,13H2,1H3,(H,22,23). The fourth-order valence-corrected chi connectivity index (χ4v) is 2.50. The molecule has 3 rings (SSSR count). The predicted octanol–water partition coefficient (Wildman–Crippen LogP) is 3.43. The average Bonchev–Trinajstić information content (AvgIpc) is 2.67. The summed E-state index contributed by atoms with van der Waals surface area (Å²) in [6.07, 6.45) is 1.67. The van der Waals surface area contributed by atoms with Gasteiger partial charge in [0.2, 0.25) is 0 Å². The zero-order chi connectivity index (χ0) is 18.4. The van der Waals surface area contributed by atoms with Crippen LogP contribution in [0.2, 0.25) is 0 Å². The van der Waals surface area contributed by atoms with Gasteiger partial charge in [0.15, 0.2) is 6.61 Å². The Labute approximate surface area is 150 Å². The second-order valence-electron chi connectivity index (χ2n) is 5.43. The Morgan fingerprint density at radius 1 is 1.04 bits per heavy atom. The maximum Gasteiger partial charge on any atom is 0.340 e. The van der Waals surface area contributed by atoms with Crippen LogP contribution in [0.25, 0.3) is 10.9 Å². The second kappa shape index (κ2) is 8.11. The molecule has 1 N–H and O–H groups in total. The number of amides is 1. The minimum atomic E-state index is -0.484. The highest BCUT2D eigenvalue weighted by atomic mass is 16.5. The zero-order valence-electron chi connectivity index (χ0n) is 14.3. The van der Waals surface area contributed by atoms with E-state index in [9.17, 15) is 9.59 Å². The van der Waals surface area contributed by atoms with Crippen LogP contribution in [0.4, 0.5) is 5.69 Å². The van der Waals surface area contributed by atoms with Gasteiger partial charge in [0, 0.05) is 11.6 Å². The molecule has 3 aromatic rings. The minimum Gasteiger partial charge on any atom is -0.481 e. The van der Waals surface area contributed by atoms with Gasteiger partial charge in [-0.05, 0) is 31.2 Å². The first-order chi connectivity index (χ1) is 12.7. The van der Waals surface area contributed by atoms with E-state index in [-0.39, 0.29) is 19.1 Å². The molecule has 6 nitrogen and oxygen atoms in total. The number of carbonyl (C=O) groups excluding carboxylic acids is 2. The fraction of sp³-hybridized carbons (Fsp3) is 0.150. The van der Waals surface area contributed by atoms with Gasteiger partial charge in [-0.25, -0.2) is 4.79 Å². The zero-order valence-corrected chi connectivity index (χ0v) is 14.3. The normalized spacial score (nSPS) is 10.3. The van der Waals surface area contributed by atoms with Gasteiger partial charge in [-0.2, -0.15) is 0 Å². The van der Waals surface area contributed by atoms with E-state index in [2.05, 4.69) is 10.3 Å². The SMILES string of the molecule is CCOC(=O)c1ccccc1NC(=O)COc1cccc2cccnc12. The molecule has 1 amide bonds. The topological polar surface area (TPSA) is 77.5 Å². The summed E-state index contributed by atoms with van der Waals surface area (Å²) in [5, 5.41) is 3.61. The average molecular weight is 350 g/mol. The van der Waals surface area contributed by atoms with Crippen molar-refractivity contribution >= 4 is 28.5 Å². The Hall–Kier alpha value is -3.41. The second-order valence-corrected chi connectivity index (χ2v) is 5.43.